The minimum absolute atomic E-state index is 0.161. The Morgan fingerprint density at radius 1 is 1.06 bits per heavy atom. The summed E-state index contributed by atoms with van der Waals surface area (Å²) in [5.74, 6) is -1.53. The van der Waals surface area contributed by atoms with E-state index in [-0.39, 0.29) is 13.0 Å². The molecule has 1 amide bonds. The summed E-state index contributed by atoms with van der Waals surface area (Å²) >= 11 is 0. The molecule has 0 aliphatic rings. The van der Waals surface area contributed by atoms with Crippen molar-refractivity contribution in [3.05, 3.63) is 70.8 Å². The van der Waals surface area contributed by atoms with Crippen molar-refractivity contribution in [1.82, 2.24) is 0 Å². The molecule has 0 spiro atoms. The molecule has 0 saturated heterocycles. The maximum Gasteiger partial charge on any atom is 0.337 e. The number of hydrogen-bond donors (Lipinski definition) is 0. The van der Waals surface area contributed by atoms with E-state index in [9.17, 15) is 14.4 Å². The number of ether oxygens (including phenoxy) is 2. The number of anilines is 1. The van der Waals surface area contributed by atoms with Gasteiger partial charge in [-0.25, -0.2) is 9.59 Å². The maximum absolute atomic E-state index is 12.7. The summed E-state index contributed by atoms with van der Waals surface area (Å²) in [6.07, 6.45) is 2.89. The minimum Gasteiger partial charge on any atom is -0.465 e. The fraction of sp³-hybridized carbons (Fsp3) is 0.250. The van der Waals surface area contributed by atoms with E-state index >= 15 is 0 Å². The van der Waals surface area contributed by atoms with Gasteiger partial charge in [0.15, 0.2) is 6.61 Å². The van der Waals surface area contributed by atoms with Gasteiger partial charge in [0.05, 0.1) is 25.2 Å². The van der Waals surface area contributed by atoms with E-state index in [4.69, 9.17) is 10.00 Å². The second-order valence-electron chi connectivity index (χ2n) is 6.85. The van der Waals surface area contributed by atoms with Gasteiger partial charge in [0, 0.05) is 18.3 Å². The van der Waals surface area contributed by atoms with E-state index < -0.39 is 24.5 Å². The molecule has 0 fully saturated rings. The quantitative estimate of drug-likeness (QED) is 0.478. The first-order valence-corrected chi connectivity index (χ1v) is 9.63. The highest BCUT2D eigenvalue weighted by molar-refractivity contribution is 5.96. The van der Waals surface area contributed by atoms with Gasteiger partial charge in [0.1, 0.15) is 0 Å². The second kappa shape index (κ2) is 11.3. The highest BCUT2D eigenvalue weighted by atomic mass is 16.5. The number of methoxy groups -OCH3 is 1. The lowest BCUT2D eigenvalue weighted by Crippen LogP contribution is -2.35. The molecule has 0 aliphatic carbocycles. The monoisotopic (exact) mass is 420 g/mol. The standard InChI is InChI=1S/C24H24N2O5/c1-17-13-18(2)15-21(14-17)26(12-4-11-25)22(27)16-31-23(28)10-7-19-5-8-20(9-6-19)24(29)30-3/h5-10,13-15H,4,12,16H2,1-3H3. The van der Waals surface area contributed by atoms with Crippen molar-refractivity contribution >= 4 is 29.6 Å². The Labute approximate surface area is 181 Å². The predicted octanol–water partition coefficient (Wildman–Crippen LogP) is 3.59. The van der Waals surface area contributed by atoms with Crippen molar-refractivity contribution in [2.24, 2.45) is 0 Å². The van der Waals surface area contributed by atoms with Crippen LogP contribution in [0.4, 0.5) is 5.69 Å². The largest absolute Gasteiger partial charge is 0.465 e. The SMILES string of the molecule is COC(=O)c1ccc(C=CC(=O)OCC(=O)N(CCC#N)c2cc(C)cc(C)c2)cc1. The number of carbonyl (C=O) groups excluding carboxylic acids is 3. The zero-order valence-electron chi connectivity index (χ0n) is 17.8. The summed E-state index contributed by atoms with van der Waals surface area (Å²) in [5, 5.41) is 8.90. The van der Waals surface area contributed by atoms with Crippen LogP contribution >= 0.6 is 0 Å². The van der Waals surface area contributed by atoms with Crippen molar-refractivity contribution in [2.75, 3.05) is 25.2 Å². The van der Waals surface area contributed by atoms with Gasteiger partial charge in [-0.05, 0) is 60.9 Å². The second-order valence-corrected chi connectivity index (χ2v) is 6.85. The molecule has 0 radical (unpaired) electrons. The maximum atomic E-state index is 12.7. The van der Waals surface area contributed by atoms with Crippen LogP contribution in [0.25, 0.3) is 6.08 Å². The van der Waals surface area contributed by atoms with Crippen molar-refractivity contribution in [3.63, 3.8) is 0 Å². The average molecular weight is 420 g/mol. The van der Waals surface area contributed by atoms with Crippen LogP contribution in [0.15, 0.2) is 48.5 Å². The van der Waals surface area contributed by atoms with Crippen molar-refractivity contribution in [2.45, 2.75) is 20.3 Å². The van der Waals surface area contributed by atoms with E-state index in [0.717, 1.165) is 11.1 Å². The molecular weight excluding hydrogens is 396 g/mol. The van der Waals surface area contributed by atoms with Crippen LogP contribution in [0.1, 0.15) is 33.5 Å². The molecule has 2 aromatic rings. The summed E-state index contributed by atoms with van der Waals surface area (Å²) in [6, 6.07) is 14.2. The third-order valence-electron chi connectivity index (χ3n) is 4.35. The van der Waals surface area contributed by atoms with Crippen LogP contribution < -0.4 is 4.90 Å². The Hall–Kier alpha value is -3.92. The topological polar surface area (TPSA) is 96.7 Å². The van der Waals surface area contributed by atoms with Gasteiger partial charge in [-0.2, -0.15) is 5.26 Å². The summed E-state index contributed by atoms with van der Waals surface area (Å²) < 4.78 is 9.71. The van der Waals surface area contributed by atoms with Gasteiger partial charge in [-0.1, -0.05) is 18.2 Å². The Bertz CT molecular complexity index is 999. The molecular formula is C24H24N2O5. The number of hydrogen-bond acceptors (Lipinski definition) is 6. The molecule has 160 valence electrons. The minimum atomic E-state index is -0.675. The van der Waals surface area contributed by atoms with Crippen LogP contribution in [-0.2, 0) is 19.1 Å². The summed E-state index contributed by atoms with van der Waals surface area (Å²) in [5.41, 5.74) is 3.72. The zero-order chi connectivity index (χ0) is 22.8. The molecule has 7 heteroatoms. The lowest BCUT2D eigenvalue weighted by molar-refractivity contribution is -0.142. The third kappa shape index (κ3) is 7.12. The molecule has 0 atom stereocenters. The van der Waals surface area contributed by atoms with Gasteiger partial charge in [-0.3, -0.25) is 4.79 Å². The number of nitrogens with zero attached hydrogens (tertiary/aromatic N) is 2. The molecule has 7 nitrogen and oxygen atoms in total. The molecule has 2 rings (SSSR count). The van der Waals surface area contributed by atoms with Gasteiger partial charge >= 0.3 is 11.9 Å². The van der Waals surface area contributed by atoms with E-state index in [1.807, 2.05) is 38.1 Å². The Balaban J connectivity index is 1.99. The number of nitriles is 1. The number of carbonyl (C=O) groups is 3. The van der Waals surface area contributed by atoms with Crippen LogP contribution in [0.2, 0.25) is 0 Å². The molecule has 0 aliphatic heterocycles. The summed E-state index contributed by atoms with van der Waals surface area (Å²) in [6.45, 7) is 3.61. The molecule has 0 saturated carbocycles. The predicted molar refractivity (Wildman–Crippen MR) is 116 cm³/mol. The van der Waals surface area contributed by atoms with E-state index in [0.29, 0.717) is 16.8 Å². The Morgan fingerprint density at radius 2 is 1.71 bits per heavy atom. The van der Waals surface area contributed by atoms with Crippen molar-refractivity contribution in [1.29, 1.82) is 5.26 Å². The Kier molecular flexibility index (Phi) is 8.52. The number of rotatable bonds is 8. The van der Waals surface area contributed by atoms with Crippen molar-refractivity contribution < 1.29 is 23.9 Å². The first-order chi connectivity index (χ1) is 14.8. The lowest BCUT2D eigenvalue weighted by atomic mass is 10.1. The number of benzene rings is 2. The van der Waals surface area contributed by atoms with Crippen LogP contribution in [0.5, 0.6) is 0 Å². The summed E-state index contributed by atoms with van der Waals surface area (Å²) in [7, 11) is 1.30. The molecule has 31 heavy (non-hydrogen) atoms. The van der Waals surface area contributed by atoms with E-state index in [2.05, 4.69) is 4.74 Å². The van der Waals surface area contributed by atoms with Crippen molar-refractivity contribution in [3.8, 4) is 6.07 Å². The lowest BCUT2D eigenvalue weighted by Gasteiger charge is -2.22. The smallest absolute Gasteiger partial charge is 0.337 e. The first kappa shape index (κ1) is 23.4. The zero-order valence-corrected chi connectivity index (χ0v) is 17.8. The van der Waals surface area contributed by atoms with Gasteiger partial charge < -0.3 is 14.4 Å². The first-order valence-electron chi connectivity index (χ1n) is 9.63. The highest BCUT2D eigenvalue weighted by Gasteiger charge is 2.17. The number of aryl methyl sites for hydroxylation is 2. The number of amides is 1. The van der Waals surface area contributed by atoms with Gasteiger partial charge in [-0.15, -0.1) is 0 Å². The normalized spacial score (nSPS) is 10.4. The fourth-order valence-corrected chi connectivity index (χ4v) is 2.94. The molecule has 0 heterocycles. The van der Waals surface area contributed by atoms with Gasteiger partial charge in [0.2, 0.25) is 0 Å². The highest BCUT2D eigenvalue weighted by Crippen LogP contribution is 2.19. The average Bonchev–Trinajstić information content (AvgIpc) is 2.75. The molecule has 0 bridgehead atoms. The fourth-order valence-electron chi connectivity index (χ4n) is 2.94. The van der Waals surface area contributed by atoms with Gasteiger partial charge in [0.25, 0.3) is 5.91 Å². The molecule has 0 unspecified atom stereocenters. The molecule has 0 aromatic heterocycles. The number of esters is 2. The third-order valence-corrected chi connectivity index (χ3v) is 4.35. The van der Waals surface area contributed by atoms with Crippen LogP contribution in [-0.4, -0.2) is 38.1 Å². The van der Waals surface area contributed by atoms with Crippen LogP contribution in [0.3, 0.4) is 0 Å². The van der Waals surface area contributed by atoms with E-state index in [1.54, 1.807) is 24.3 Å². The molecule has 2 aromatic carbocycles. The van der Waals surface area contributed by atoms with Crippen LogP contribution in [0, 0.1) is 25.2 Å². The van der Waals surface area contributed by atoms with E-state index in [1.165, 1.54) is 24.2 Å². The Morgan fingerprint density at radius 3 is 2.29 bits per heavy atom. The summed E-state index contributed by atoms with van der Waals surface area (Å²) in [4.78, 5) is 37.6. The molecule has 0 N–H and O–H groups in total.